The van der Waals surface area contributed by atoms with Crippen LogP contribution in [0.5, 0.6) is 0 Å². The molecule has 0 aliphatic carbocycles. The lowest BCUT2D eigenvalue weighted by Crippen LogP contribution is -2.15. The predicted molar refractivity (Wildman–Crippen MR) is 85.3 cm³/mol. The second kappa shape index (κ2) is 6.22. The Morgan fingerprint density at radius 3 is 2.50 bits per heavy atom. The SMILES string of the molecule is CCOC(=O)c1c(C)[nH]c(/C=C2\NC(=O)C(C)=C2CC)c1C. The normalized spacial score (nSPS) is 16.4. The van der Waals surface area contributed by atoms with Gasteiger partial charge in [0.05, 0.1) is 12.2 Å². The Labute approximate surface area is 130 Å². The lowest BCUT2D eigenvalue weighted by molar-refractivity contribution is -0.116. The van der Waals surface area contributed by atoms with Crippen LogP contribution in [0.4, 0.5) is 0 Å². The molecule has 0 radical (unpaired) electrons. The first-order valence-corrected chi connectivity index (χ1v) is 7.50. The number of carbonyl (C=O) groups is 2. The van der Waals surface area contributed by atoms with Gasteiger partial charge in [0.25, 0.3) is 5.91 Å². The van der Waals surface area contributed by atoms with E-state index in [9.17, 15) is 9.59 Å². The van der Waals surface area contributed by atoms with Crippen molar-refractivity contribution in [2.75, 3.05) is 6.61 Å². The Hall–Kier alpha value is -2.30. The first kappa shape index (κ1) is 16.1. The third-order valence-corrected chi connectivity index (χ3v) is 3.96. The largest absolute Gasteiger partial charge is 0.462 e. The fourth-order valence-corrected chi connectivity index (χ4v) is 2.78. The van der Waals surface area contributed by atoms with E-state index in [-0.39, 0.29) is 11.9 Å². The monoisotopic (exact) mass is 302 g/mol. The maximum Gasteiger partial charge on any atom is 0.340 e. The number of ether oxygens (including phenoxy) is 1. The molecule has 0 bridgehead atoms. The van der Waals surface area contributed by atoms with E-state index in [1.807, 2.05) is 33.8 Å². The van der Waals surface area contributed by atoms with Crippen LogP contribution in [-0.4, -0.2) is 23.5 Å². The summed E-state index contributed by atoms with van der Waals surface area (Å²) in [6.07, 6.45) is 2.66. The van der Waals surface area contributed by atoms with Gasteiger partial charge in [0, 0.05) is 22.7 Å². The van der Waals surface area contributed by atoms with Gasteiger partial charge in [-0.2, -0.15) is 0 Å². The van der Waals surface area contributed by atoms with Crippen molar-refractivity contribution in [3.8, 4) is 0 Å². The average molecular weight is 302 g/mol. The molecule has 5 nitrogen and oxygen atoms in total. The summed E-state index contributed by atoms with van der Waals surface area (Å²) in [5.74, 6) is -0.383. The zero-order valence-corrected chi connectivity index (χ0v) is 13.7. The molecule has 0 spiro atoms. The van der Waals surface area contributed by atoms with Crippen LogP contribution in [0.3, 0.4) is 0 Å². The lowest BCUT2D eigenvalue weighted by Gasteiger charge is -2.04. The predicted octanol–water partition coefficient (Wildman–Crippen LogP) is 3.01. The molecule has 2 N–H and O–H groups in total. The van der Waals surface area contributed by atoms with Gasteiger partial charge in [0.15, 0.2) is 0 Å². The second-order valence-corrected chi connectivity index (χ2v) is 5.35. The smallest absolute Gasteiger partial charge is 0.340 e. The summed E-state index contributed by atoms with van der Waals surface area (Å²) in [6.45, 7) is 9.69. The number of nitrogens with one attached hydrogen (secondary N) is 2. The molecule has 118 valence electrons. The first-order valence-electron chi connectivity index (χ1n) is 7.50. The minimum absolute atomic E-state index is 0.0605. The number of hydrogen-bond donors (Lipinski definition) is 2. The van der Waals surface area contributed by atoms with Gasteiger partial charge in [-0.1, -0.05) is 6.92 Å². The van der Waals surface area contributed by atoms with Crippen LogP contribution >= 0.6 is 0 Å². The summed E-state index contributed by atoms with van der Waals surface area (Å²) in [5, 5.41) is 2.88. The molecule has 2 heterocycles. The van der Waals surface area contributed by atoms with Gasteiger partial charge < -0.3 is 15.0 Å². The molecule has 1 aliphatic heterocycles. The molecule has 0 fully saturated rings. The highest BCUT2D eigenvalue weighted by Gasteiger charge is 2.24. The lowest BCUT2D eigenvalue weighted by atomic mass is 10.1. The average Bonchev–Trinajstić information content (AvgIpc) is 2.88. The quantitative estimate of drug-likeness (QED) is 0.840. The molecule has 0 saturated carbocycles. The van der Waals surface area contributed by atoms with E-state index in [1.54, 1.807) is 6.92 Å². The van der Waals surface area contributed by atoms with Crippen molar-refractivity contribution in [3.63, 3.8) is 0 Å². The molecule has 0 saturated heterocycles. The minimum Gasteiger partial charge on any atom is -0.462 e. The number of rotatable bonds is 4. The molecule has 0 unspecified atom stereocenters. The van der Waals surface area contributed by atoms with Crippen LogP contribution in [0.15, 0.2) is 16.8 Å². The molecule has 1 aromatic rings. The van der Waals surface area contributed by atoms with E-state index >= 15 is 0 Å². The molecular weight excluding hydrogens is 280 g/mol. The minimum atomic E-state index is -0.323. The number of esters is 1. The van der Waals surface area contributed by atoms with E-state index < -0.39 is 0 Å². The third-order valence-electron chi connectivity index (χ3n) is 3.96. The van der Waals surface area contributed by atoms with Crippen LogP contribution in [0.2, 0.25) is 0 Å². The molecule has 0 atom stereocenters. The van der Waals surface area contributed by atoms with Crippen molar-refractivity contribution in [2.24, 2.45) is 0 Å². The molecular formula is C17H22N2O3. The summed E-state index contributed by atoms with van der Waals surface area (Å²) >= 11 is 0. The number of allylic oxidation sites excluding steroid dienone is 1. The van der Waals surface area contributed by atoms with Crippen molar-refractivity contribution < 1.29 is 14.3 Å². The van der Waals surface area contributed by atoms with Gasteiger partial charge in [0.1, 0.15) is 0 Å². The molecule has 5 heteroatoms. The highest BCUT2D eigenvalue weighted by Crippen LogP contribution is 2.27. The zero-order chi connectivity index (χ0) is 16.4. The summed E-state index contributed by atoms with van der Waals surface area (Å²) in [7, 11) is 0. The van der Waals surface area contributed by atoms with E-state index in [1.165, 1.54) is 0 Å². The molecule has 0 aromatic carbocycles. The number of aromatic amines is 1. The Morgan fingerprint density at radius 1 is 1.23 bits per heavy atom. The number of carbonyl (C=O) groups excluding carboxylic acids is 2. The summed E-state index contributed by atoms with van der Waals surface area (Å²) in [5.41, 5.74) is 5.54. The number of hydrogen-bond acceptors (Lipinski definition) is 3. The summed E-state index contributed by atoms with van der Waals surface area (Å²) in [6, 6.07) is 0. The van der Waals surface area contributed by atoms with Crippen molar-refractivity contribution in [1.82, 2.24) is 10.3 Å². The molecule has 1 aliphatic rings. The van der Waals surface area contributed by atoms with Crippen LogP contribution in [0.25, 0.3) is 6.08 Å². The van der Waals surface area contributed by atoms with Crippen molar-refractivity contribution in [3.05, 3.63) is 39.4 Å². The van der Waals surface area contributed by atoms with Gasteiger partial charge in [-0.3, -0.25) is 4.79 Å². The van der Waals surface area contributed by atoms with Crippen molar-refractivity contribution >= 4 is 18.0 Å². The Bertz CT molecular complexity index is 693. The molecule has 22 heavy (non-hydrogen) atoms. The van der Waals surface area contributed by atoms with Gasteiger partial charge in [-0.15, -0.1) is 0 Å². The number of aromatic nitrogens is 1. The highest BCUT2D eigenvalue weighted by molar-refractivity contribution is 6.01. The van der Waals surface area contributed by atoms with Crippen LogP contribution < -0.4 is 5.32 Å². The van der Waals surface area contributed by atoms with Crippen LogP contribution in [0.1, 0.15) is 54.5 Å². The summed E-state index contributed by atoms with van der Waals surface area (Å²) in [4.78, 5) is 27.0. The molecule has 1 amide bonds. The topological polar surface area (TPSA) is 71.2 Å². The van der Waals surface area contributed by atoms with Crippen molar-refractivity contribution in [1.29, 1.82) is 0 Å². The summed E-state index contributed by atoms with van der Waals surface area (Å²) < 4.78 is 5.09. The third kappa shape index (κ3) is 2.71. The fraction of sp³-hybridized carbons (Fsp3) is 0.412. The first-order chi connectivity index (χ1) is 10.4. The Morgan fingerprint density at radius 2 is 1.91 bits per heavy atom. The number of amides is 1. The maximum absolute atomic E-state index is 12.0. The van der Waals surface area contributed by atoms with Crippen LogP contribution in [0, 0.1) is 13.8 Å². The van der Waals surface area contributed by atoms with Gasteiger partial charge in [-0.25, -0.2) is 4.79 Å². The Kier molecular flexibility index (Phi) is 4.54. The zero-order valence-electron chi connectivity index (χ0n) is 13.7. The molecule has 2 rings (SSSR count). The number of aryl methyl sites for hydroxylation is 1. The van der Waals surface area contributed by atoms with Crippen molar-refractivity contribution in [2.45, 2.75) is 41.0 Å². The fourth-order valence-electron chi connectivity index (χ4n) is 2.78. The van der Waals surface area contributed by atoms with Crippen LogP contribution in [-0.2, 0) is 9.53 Å². The Balaban J connectivity index is 2.44. The van der Waals surface area contributed by atoms with Gasteiger partial charge >= 0.3 is 5.97 Å². The van der Waals surface area contributed by atoms with Gasteiger partial charge in [-0.05, 0) is 51.3 Å². The van der Waals surface area contributed by atoms with E-state index in [4.69, 9.17) is 4.74 Å². The maximum atomic E-state index is 12.0. The highest BCUT2D eigenvalue weighted by atomic mass is 16.5. The van der Waals surface area contributed by atoms with E-state index in [0.29, 0.717) is 12.2 Å². The number of H-pyrrole nitrogens is 1. The van der Waals surface area contributed by atoms with E-state index in [0.717, 1.165) is 40.2 Å². The standard InChI is InChI=1S/C17H22N2O3/c1-6-12-9(3)16(20)19-14(12)8-13-10(4)15(11(5)18-13)17(21)22-7-2/h8,18H,6-7H2,1-5H3,(H,19,20)/b14-8-. The molecule has 1 aromatic heterocycles. The van der Waals surface area contributed by atoms with Gasteiger partial charge in [0.2, 0.25) is 0 Å². The second-order valence-electron chi connectivity index (χ2n) is 5.35. The van der Waals surface area contributed by atoms with E-state index in [2.05, 4.69) is 10.3 Å².